The molecule has 1 unspecified atom stereocenters. The van der Waals surface area contributed by atoms with Crippen molar-refractivity contribution in [3.05, 3.63) is 0 Å². The van der Waals surface area contributed by atoms with Gasteiger partial charge in [-0.15, -0.1) is 0 Å². The fourth-order valence-corrected chi connectivity index (χ4v) is 0.738. The van der Waals surface area contributed by atoms with Gasteiger partial charge in [0.15, 0.2) is 0 Å². The zero-order valence-corrected chi connectivity index (χ0v) is 8.77. The molecule has 0 aliphatic heterocycles. The zero-order chi connectivity index (χ0) is 9.07. The minimum absolute atomic E-state index is 0.0232. The molecule has 0 aromatic heterocycles. The molecule has 0 fully saturated rings. The quantitative estimate of drug-likeness (QED) is 0.610. The van der Waals surface area contributed by atoms with Gasteiger partial charge in [-0.25, -0.2) is 0 Å². The molecule has 0 spiro atoms. The van der Waals surface area contributed by atoms with Crippen molar-refractivity contribution in [3.63, 3.8) is 0 Å². The van der Waals surface area contributed by atoms with E-state index in [0.717, 1.165) is 6.42 Å². The number of hydrogen-bond acceptors (Lipinski definition) is 1. The van der Waals surface area contributed by atoms with E-state index >= 15 is 0 Å². The first kappa shape index (κ1) is 11.0. The first-order valence-corrected chi connectivity index (χ1v) is 4.58. The Morgan fingerprint density at radius 1 is 1.18 bits per heavy atom. The lowest BCUT2D eigenvalue weighted by molar-refractivity contribution is -0.0914. The van der Waals surface area contributed by atoms with Crippen molar-refractivity contribution in [1.82, 2.24) is 0 Å². The monoisotopic (exact) mass is 158 g/mol. The Labute approximate surface area is 71.1 Å². The smallest absolute Gasteiger partial charge is 0.0652 e. The van der Waals surface area contributed by atoms with E-state index in [4.69, 9.17) is 4.74 Å². The molecule has 0 saturated heterocycles. The molecule has 0 radical (unpaired) electrons. The van der Waals surface area contributed by atoms with Crippen molar-refractivity contribution >= 4 is 0 Å². The molecule has 0 aliphatic carbocycles. The summed E-state index contributed by atoms with van der Waals surface area (Å²) in [7, 11) is 0. The summed E-state index contributed by atoms with van der Waals surface area (Å²) in [4.78, 5) is 0. The maximum atomic E-state index is 5.85. The summed E-state index contributed by atoms with van der Waals surface area (Å²) in [5, 5.41) is 0. The Bertz CT molecular complexity index is 105. The fraction of sp³-hybridized carbons (Fsp3) is 1.00. The SMILES string of the molecule is CCC(C)OC(C)(C)C(C)C. The van der Waals surface area contributed by atoms with E-state index in [0.29, 0.717) is 12.0 Å². The average molecular weight is 158 g/mol. The third kappa shape index (κ3) is 3.76. The van der Waals surface area contributed by atoms with E-state index in [1.165, 1.54) is 0 Å². The Balaban J connectivity index is 3.90. The van der Waals surface area contributed by atoms with Crippen molar-refractivity contribution in [2.75, 3.05) is 0 Å². The van der Waals surface area contributed by atoms with Crippen molar-refractivity contribution in [2.24, 2.45) is 5.92 Å². The second-order valence-corrected chi connectivity index (χ2v) is 4.09. The van der Waals surface area contributed by atoms with Crippen LogP contribution in [0, 0.1) is 5.92 Å². The van der Waals surface area contributed by atoms with Crippen molar-refractivity contribution < 1.29 is 4.74 Å². The molecule has 0 aromatic rings. The van der Waals surface area contributed by atoms with Crippen LogP contribution in [-0.2, 0) is 4.74 Å². The Kier molecular flexibility index (Phi) is 4.09. The number of ether oxygens (including phenoxy) is 1. The van der Waals surface area contributed by atoms with Gasteiger partial charge in [0.1, 0.15) is 0 Å². The number of rotatable bonds is 4. The molecule has 1 atom stereocenters. The minimum atomic E-state index is 0.0232. The highest BCUT2D eigenvalue weighted by Gasteiger charge is 2.24. The van der Waals surface area contributed by atoms with Gasteiger partial charge in [0, 0.05) is 0 Å². The Hall–Kier alpha value is -0.0400. The summed E-state index contributed by atoms with van der Waals surface area (Å²) in [6.45, 7) is 13.0. The lowest BCUT2D eigenvalue weighted by atomic mass is 9.94. The zero-order valence-electron chi connectivity index (χ0n) is 8.77. The average Bonchev–Trinajstić information content (AvgIpc) is 1.86. The first-order valence-electron chi connectivity index (χ1n) is 4.58. The summed E-state index contributed by atoms with van der Waals surface area (Å²) in [6, 6.07) is 0. The topological polar surface area (TPSA) is 9.23 Å². The van der Waals surface area contributed by atoms with Gasteiger partial charge in [-0.05, 0) is 33.1 Å². The van der Waals surface area contributed by atoms with Gasteiger partial charge in [-0.1, -0.05) is 20.8 Å². The van der Waals surface area contributed by atoms with E-state index in [2.05, 4.69) is 41.5 Å². The molecule has 68 valence electrons. The summed E-state index contributed by atoms with van der Waals surface area (Å²) in [6.07, 6.45) is 1.48. The van der Waals surface area contributed by atoms with Crippen LogP contribution in [0.15, 0.2) is 0 Å². The summed E-state index contributed by atoms with van der Waals surface area (Å²) in [5.74, 6) is 0.580. The Morgan fingerprint density at radius 2 is 1.64 bits per heavy atom. The van der Waals surface area contributed by atoms with Crippen LogP contribution in [0.25, 0.3) is 0 Å². The van der Waals surface area contributed by atoms with E-state index < -0.39 is 0 Å². The third-order valence-electron chi connectivity index (χ3n) is 2.47. The Morgan fingerprint density at radius 3 is 1.91 bits per heavy atom. The normalized spacial score (nSPS) is 15.5. The van der Waals surface area contributed by atoms with Gasteiger partial charge < -0.3 is 4.74 Å². The van der Waals surface area contributed by atoms with Crippen molar-refractivity contribution in [2.45, 2.75) is 59.7 Å². The molecule has 0 bridgehead atoms. The third-order valence-corrected chi connectivity index (χ3v) is 2.47. The van der Waals surface area contributed by atoms with E-state index in [9.17, 15) is 0 Å². The lowest BCUT2D eigenvalue weighted by Crippen LogP contribution is -2.34. The second-order valence-electron chi connectivity index (χ2n) is 4.09. The molecule has 1 nitrogen and oxygen atoms in total. The molecule has 0 N–H and O–H groups in total. The van der Waals surface area contributed by atoms with Crippen LogP contribution < -0.4 is 0 Å². The van der Waals surface area contributed by atoms with Gasteiger partial charge >= 0.3 is 0 Å². The van der Waals surface area contributed by atoms with Crippen LogP contribution in [0.1, 0.15) is 48.0 Å². The summed E-state index contributed by atoms with van der Waals surface area (Å²) >= 11 is 0. The van der Waals surface area contributed by atoms with Crippen LogP contribution in [0.4, 0.5) is 0 Å². The van der Waals surface area contributed by atoms with Gasteiger partial charge in [0.05, 0.1) is 11.7 Å². The summed E-state index contributed by atoms with van der Waals surface area (Å²) in [5.41, 5.74) is 0.0232. The van der Waals surface area contributed by atoms with Gasteiger partial charge in [-0.2, -0.15) is 0 Å². The van der Waals surface area contributed by atoms with Crippen LogP contribution in [0.5, 0.6) is 0 Å². The predicted molar refractivity (Wildman–Crippen MR) is 49.8 cm³/mol. The summed E-state index contributed by atoms with van der Waals surface area (Å²) < 4.78 is 5.85. The number of hydrogen-bond donors (Lipinski definition) is 0. The lowest BCUT2D eigenvalue weighted by Gasteiger charge is -2.32. The van der Waals surface area contributed by atoms with Crippen molar-refractivity contribution in [1.29, 1.82) is 0 Å². The van der Waals surface area contributed by atoms with Crippen LogP contribution in [0.3, 0.4) is 0 Å². The molecule has 0 saturated carbocycles. The predicted octanol–water partition coefficient (Wildman–Crippen LogP) is 3.24. The molecule has 1 heteroatoms. The van der Waals surface area contributed by atoms with E-state index in [-0.39, 0.29) is 5.60 Å². The van der Waals surface area contributed by atoms with Crippen molar-refractivity contribution in [3.8, 4) is 0 Å². The molecule has 11 heavy (non-hydrogen) atoms. The standard InChI is InChI=1S/C10H22O/c1-7-9(4)11-10(5,6)8(2)3/h8-9H,7H2,1-6H3. The van der Waals surface area contributed by atoms with E-state index in [1.54, 1.807) is 0 Å². The maximum Gasteiger partial charge on any atom is 0.0652 e. The first-order chi connectivity index (χ1) is 4.90. The molecule has 0 aliphatic rings. The highest BCUT2D eigenvalue weighted by molar-refractivity contribution is 4.73. The van der Waals surface area contributed by atoms with E-state index in [1.807, 2.05) is 0 Å². The molecule has 0 aromatic carbocycles. The van der Waals surface area contributed by atoms with Crippen LogP contribution in [0.2, 0.25) is 0 Å². The molecule has 0 heterocycles. The fourth-order valence-electron chi connectivity index (χ4n) is 0.738. The largest absolute Gasteiger partial charge is 0.372 e. The second kappa shape index (κ2) is 4.10. The molecular formula is C10H22O. The highest BCUT2D eigenvalue weighted by Crippen LogP contribution is 2.22. The molecule has 0 rings (SSSR count). The van der Waals surface area contributed by atoms with Crippen LogP contribution >= 0.6 is 0 Å². The van der Waals surface area contributed by atoms with Gasteiger partial charge in [0.25, 0.3) is 0 Å². The maximum absolute atomic E-state index is 5.85. The van der Waals surface area contributed by atoms with Crippen LogP contribution in [-0.4, -0.2) is 11.7 Å². The highest BCUT2D eigenvalue weighted by atomic mass is 16.5. The van der Waals surface area contributed by atoms with Gasteiger partial charge in [0.2, 0.25) is 0 Å². The molecule has 0 amide bonds. The minimum Gasteiger partial charge on any atom is -0.372 e. The van der Waals surface area contributed by atoms with Gasteiger partial charge in [-0.3, -0.25) is 0 Å². The molecular weight excluding hydrogens is 136 g/mol.